The van der Waals surface area contributed by atoms with E-state index in [1.165, 1.54) is 6.08 Å². The zero-order valence-corrected chi connectivity index (χ0v) is 19.6. The third-order valence-corrected chi connectivity index (χ3v) is 5.74. The van der Waals surface area contributed by atoms with E-state index in [-0.39, 0.29) is 23.5 Å². The van der Waals surface area contributed by atoms with Gasteiger partial charge in [-0.05, 0) is 56.9 Å². The molecule has 2 aromatic heterocycles. The van der Waals surface area contributed by atoms with Gasteiger partial charge in [0.05, 0.1) is 6.20 Å². The van der Waals surface area contributed by atoms with Crippen LogP contribution in [0.4, 0.5) is 17.3 Å². The minimum Gasteiger partial charge on any atom is -0.459 e. The molecule has 1 aromatic carbocycles. The van der Waals surface area contributed by atoms with Gasteiger partial charge in [0.2, 0.25) is 11.9 Å². The van der Waals surface area contributed by atoms with Crippen molar-refractivity contribution in [3.63, 3.8) is 0 Å². The molecule has 1 aliphatic heterocycles. The maximum atomic E-state index is 11.7. The van der Waals surface area contributed by atoms with Crippen LogP contribution >= 0.6 is 0 Å². The number of hydrogen-bond donors (Lipinski definition) is 3. The van der Waals surface area contributed by atoms with E-state index in [9.17, 15) is 4.79 Å². The van der Waals surface area contributed by atoms with Crippen molar-refractivity contribution in [2.75, 3.05) is 17.2 Å². The van der Waals surface area contributed by atoms with E-state index in [0.29, 0.717) is 23.3 Å². The quantitative estimate of drug-likeness (QED) is 0.468. The lowest BCUT2D eigenvalue weighted by molar-refractivity contribution is -0.111. The van der Waals surface area contributed by atoms with E-state index in [4.69, 9.17) is 4.74 Å². The second kappa shape index (κ2) is 9.19. The summed E-state index contributed by atoms with van der Waals surface area (Å²) in [6.45, 7) is 12.8. The Morgan fingerprint density at radius 1 is 1.33 bits per heavy atom. The van der Waals surface area contributed by atoms with E-state index < -0.39 is 0 Å². The van der Waals surface area contributed by atoms with Crippen LogP contribution in [0.2, 0.25) is 0 Å². The highest BCUT2D eigenvalue weighted by atomic mass is 16.5. The average Bonchev–Trinajstić information content (AvgIpc) is 3.20. The third kappa shape index (κ3) is 5.31. The molecule has 33 heavy (non-hydrogen) atoms. The number of rotatable bonds is 7. The number of nitrogens with one attached hydrogen (secondary N) is 3. The summed E-state index contributed by atoms with van der Waals surface area (Å²) in [6.07, 6.45) is 4.98. The van der Waals surface area contributed by atoms with Crippen LogP contribution in [0.15, 0.2) is 43.1 Å². The monoisotopic (exact) mass is 449 g/mol. The molecule has 1 saturated heterocycles. The minimum absolute atomic E-state index is 0.00353. The molecule has 9 nitrogen and oxygen atoms in total. The van der Waals surface area contributed by atoms with Crippen LogP contribution in [0.25, 0.3) is 5.65 Å². The number of benzene rings is 1. The summed E-state index contributed by atoms with van der Waals surface area (Å²) >= 11 is 0. The smallest absolute Gasteiger partial charge is 0.322 e. The first-order valence-corrected chi connectivity index (χ1v) is 11.2. The standard InChI is InChI=1S/C24H31N7O2/c1-6-20(32)27-16-8-7-9-17(12-16)28-22-30-23(33-18-10-11-24(4,5)25-13-18)29-21-19(15(2)3)14-26-31(21)22/h6-9,12,14-15,18,25H,1,10-11,13H2,2-5H3,(H,27,32)(H,28,29,30). The van der Waals surface area contributed by atoms with Gasteiger partial charge >= 0.3 is 6.01 Å². The lowest BCUT2D eigenvalue weighted by Gasteiger charge is -2.35. The molecule has 4 rings (SSSR count). The van der Waals surface area contributed by atoms with Gasteiger partial charge in [0.25, 0.3) is 0 Å². The van der Waals surface area contributed by atoms with Crippen molar-refractivity contribution >= 4 is 28.9 Å². The molecule has 3 N–H and O–H groups in total. The molecule has 0 saturated carbocycles. The number of nitrogens with zero attached hydrogens (tertiary/aromatic N) is 4. The number of hydrogen-bond acceptors (Lipinski definition) is 7. The fraction of sp³-hybridized carbons (Fsp3) is 0.417. The Balaban J connectivity index is 1.65. The van der Waals surface area contributed by atoms with Crippen LogP contribution in [0, 0.1) is 0 Å². The van der Waals surface area contributed by atoms with E-state index in [1.54, 1.807) is 10.6 Å². The molecule has 0 aliphatic carbocycles. The van der Waals surface area contributed by atoms with Crippen molar-refractivity contribution in [1.29, 1.82) is 0 Å². The summed E-state index contributed by atoms with van der Waals surface area (Å²) in [5.41, 5.74) is 3.22. The molecule has 1 atom stereocenters. The lowest BCUT2D eigenvalue weighted by Crippen LogP contribution is -2.50. The van der Waals surface area contributed by atoms with Crippen molar-refractivity contribution in [3.8, 4) is 6.01 Å². The molecule has 9 heteroatoms. The molecular formula is C24H31N7O2. The highest BCUT2D eigenvalue weighted by Gasteiger charge is 2.28. The van der Waals surface area contributed by atoms with E-state index in [1.807, 2.05) is 24.4 Å². The summed E-state index contributed by atoms with van der Waals surface area (Å²) in [5, 5.41) is 14.1. The Morgan fingerprint density at radius 2 is 2.12 bits per heavy atom. The lowest BCUT2D eigenvalue weighted by atomic mass is 9.92. The molecule has 3 heterocycles. The van der Waals surface area contributed by atoms with Crippen molar-refractivity contribution < 1.29 is 9.53 Å². The second-order valence-electron chi connectivity index (χ2n) is 9.26. The average molecular weight is 450 g/mol. The fourth-order valence-electron chi connectivity index (χ4n) is 3.77. The van der Waals surface area contributed by atoms with Gasteiger partial charge in [-0.1, -0.05) is 26.5 Å². The Hall–Kier alpha value is -3.46. The molecule has 1 aliphatic rings. The van der Waals surface area contributed by atoms with Gasteiger partial charge in [0.15, 0.2) is 5.65 Å². The zero-order valence-electron chi connectivity index (χ0n) is 19.6. The predicted molar refractivity (Wildman–Crippen MR) is 129 cm³/mol. The van der Waals surface area contributed by atoms with Gasteiger partial charge in [0.1, 0.15) is 6.10 Å². The SMILES string of the molecule is C=CC(=O)Nc1cccc(Nc2nc(OC3CCC(C)(C)NC3)nc3c(C(C)C)cnn23)c1. The van der Waals surface area contributed by atoms with Crippen LogP contribution in [0.1, 0.15) is 52.0 Å². The first-order chi connectivity index (χ1) is 15.7. The molecule has 3 aromatic rings. The Kier molecular flexibility index (Phi) is 6.33. The highest BCUT2D eigenvalue weighted by molar-refractivity contribution is 5.99. The number of ether oxygens (including phenoxy) is 1. The number of fused-ring (bicyclic) bond motifs is 1. The molecule has 1 unspecified atom stereocenters. The summed E-state index contributed by atoms with van der Waals surface area (Å²) in [6, 6.07) is 7.66. The predicted octanol–water partition coefficient (Wildman–Crippen LogP) is 4.03. The van der Waals surface area contributed by atoms with Gasteiger partial charge in [0, 0.05) is 29.0 Å². The normalized spacial score (nSPS) is 17.7. The summed E-state index contributed by atoms with van der Waals surface area (Å²) in [7, 11) is 0. The number of carbonyl (C=O) groups excluding carboxylic acids is 1. The number of piperidine rings is 1. The van der Waals surface area contributed by atoms with Crippen LogP contribution < -0.4 is 20.7 Å². The number of anilines is 3. The second-order valence-corrected chi connectivity index (χ2v) is 9.26. The van der Waals surface area contributed by atoms with Crippen LogP contribution in [-0.4, -0.2) is 43.7 Å². The molecule has 1 fully saturated rings. The molecule has 0 spiro atoms. The maximum Gasteiger partial charge on any atom is 0.322 e. The van der Waals surface area contributed by atoms with Gasteiger partial charge in [-0.15, -0.1) is 0 Å². The van der Waals surface area contributed by atoms with Crippen molar-refractivity contribution in [1.82, 2.24) is 24.9 Å². The number of amides is 1. The number of aromatic nitrogens is 4. The largest absolute Gasteiger partial charge is 0.459 e. The van der Waals surface area contributed by atoms with Gasteiger partial charge < -0.3 is 20.7 Å². The van der Waals surface area contributed by atoms with E-state index in [2.05, 4.69) is 65.3 Å². The van der Waals surface area contributed by atoms with Crippen molar-refractivity contribution in [2.45, 2.75) is 58.1 Å². The van der Waals surface area contributed by atoms with Crippen molar-refractivity contribution in [2.24, 2.45) is 0 Å². The van der Waals surface area contributed by atoms with E-state index in [0.717, 1.165) is 30.6 Å². The molecule has 1 amide bonds. The summed E-state index contributed by atoms with van der Waals surface area (Å²) in [4.78, 5) is 21.0. The van der Waals surface area contributed by atoms with Crippen LogP contribution in [0.5, 0.6) is 6.01 Å². The molecule has 0 radical (unpaired) electrons. The first kappa shape index (κ1) is 22.7. The Labute approximate surface area is 193 Å². The van der Waals surface area contributed by atoms with Crippen LogP contribution in [-0.2, 0) is 4.79 Å². The van der Waals surface area contributed by atoms with Crippen LogP contribution in [0.3, 0.4) is 0 Å². The molecule has 0 bridgehead atoms. The van der Waals surface area contributed by atoms with Gasteiger partial charge in [-0.25, -0.2) is 0 Å². The van der Waals surface area contributed by atoms with Gasteiger partial charge in [-0.3, -0.25) is 4.79 Å². The molecular weight excluding hydrogens is 418 g/mol. The fourth-order valence-corrected chi connectivity index (χ4v) is 3.77. The summed E-state index contributed by atoms with van der Waals surface area (Å²) in [5.74, 6) is 0.455. The molecule has 174 valence electrons. The first-order valence-electron chi connectivity index (χ1n) is 11.2. The van der Waals surface area contributed by atoms with E-state index >= 15 is 0 Å². The maximum absolute atomic E-state index is 11.7. The Bertz CT molecular complexity index is 1160. The Morgan fingerprint density at radius 3 is 2.82 bits per heavy atom. The zero-order chi connectivity index (χ0) is 23.6. The number of carbonyl (C=O) groups is 1. The topological polar surface area (TPSA) is 105 Å². The minimum atomic E-state index is -0.273. The third-order valence-electron chi connectivity index (χ3n) is 5.74. The summed E-state index contributed by atoms with van der Waals surface area (Å²) < 4.78 is 7.88. The van der Waals surface area contributed by atoms with Gasteiger partial charge in [-0.2, -0.15) is 19.6 Å². The van der Waals surface area contributed by atoms with Crippen molar-refractivity contribution in [3.05, 3.63) is 48.7 Å². The highest BCUT2D eigenvalue weighted by Crippen LogP contribution is 2.27.